The monoisotopic (exact) mass is 398 g/mol. The van der Waals surface area contributed by atoms with E-state index in [4.69, 9.17) is 14.2 Å². The van der Waals surface area contributed by atoms with Crippen molar-refractivity contribution in [2.45, 2.75) is 65.4 Å². The van der Waals surface area contributed by atoms with Crippen LogP contribution in [0.4, 0.5) is 0 Å². The molecule has 158 valence electrons. The number of hydrogen-bond acceptors (Lipinski definition) is 4. The van der Waals surface area contributed by atoms with Crippen LogP contribution < -0.4 is 9.47 Å². The van der Waals surface area contributed by atoms with Crippen molar-refractivity contribution in [3.05, 3.63) is 59.7 Å². The molecule has 2 aromatic carbocycles. The molecule has 0 saturated carbocycles. The Bertz CT molecular complexity index is 707. The average molecular weight is 399 g/mol. The van der Waals surface area contributed by atoms with Crippen LogP contribution in [-0.4, -0.2) is 19.2 Å². The van der Waals surface area contributed by atoms with Crippen molar-refractivity contribution in [1.29, 1.82) is 0 Å². The van der Waals surface area contributed by atoms with Gasteiger partial charge in [0.1, 0.15) is 11.5 Å². The molecule has 0 radical (unpaired) electrons. The van der Waals surface area contributed by atoms with Crippen LogP contribution in [0.3, 0.4) is 0 Å². The van der Waals surface area contributed by atoms with Crippen LogP contribution in [0.2, 0.25) is 0 Å². The maximum absolute atomic E-state index is 12.3. The zero-order chi connectivity index (χ0) is 20.9. The van der Waals surface area contributed by atoms with Gasteiger partial charge in [0.25, 0.3) is 0 Å². The first kappa shape index (κ1) is 23.0. The number of carbonyl (C=O) groups is 1. The van der Waals surface area contributed by atoms with E-state index in [9.17, 15) is 4.79 Å². The SMILES string of the molecule is CCCCCCOC(C)c1ccc(OC(=O)c2ccc(OCCCC)cc2)cc1. The molecule has 0 aliphatic heterocycles. The van der Waals surface area contributed by atoms with Crippen LogP contribution in [0, 0.1) is 0 Å². The van der Waals surface area contributed by atoms with Gasteiger partial charge in [0.05, 0.1) is 18.3 Å². The van der Waals surface area contributed by atoms with Gasteiger partial charge in [0.15, 0.2) is 0 Å². The summed E-state index contributed by atoms with van der Waals surface area (Å²) < 4.78 is 17.0. The zero-order valence-corrected chi connectivity index (χ0v) is 18.0. The summed E-state index contributed by atoms with van der Waals surface area (Å²) >= 11 is 0. The molecule has 29 heavy (non-hydrogen) atoms. The summed E-state index contributed by atoms with van der Waals surface area (Å²) in [4.78, 5) is 12.3. The van der Waals surface area contributed by atoms with E-state index >= 15 is 0 Å². The third-order valence-electron chi connectivity index (χ3n) is 4.78. The summed E-state index contributed by atoms with van der Waals surface area (Å²) in [5, 5.41) is 0. The molecular weight excluding hydrogens is 364 g/mol. The second-order valence-corrected chi connectivity index (χ2v) is 7.26. The Morgan fingerprint density at radius 2 is 1.45 bits per heavy atom. The Balaban J connectivity index is 1.81. The van der Waals surface area contributed by atoms with Gasteiger partial charge >= 0.3 is 5.97 Å². The van der Waals surface area contributed by atoms with Crippen molar-refractivity contribution in [2.75, 3.05) is 13.2 Å². The minimum Gasteiger partial charge on any atom is -0.494 e. The Kier molecular flexibility index (Phi) is 10.3. The van der Waals surface area contributed by atoms with Crippen LogP contribution in [-0.2, 0) is 4.74 Å². The first-order valence-electron chi connectivity index (χ1n) is 10.8. The Morgan fingerprint density at radius 3 is 2.10 bits per heavy atom. The molecule has 0 bridgehead atoms. The van der Waals surface area contributed by atoms with Gasteiger partial charge in [-0.1, -0.05) is 51.7 Å². The highest BCUT2D eigenvalue weighted by Crippen LogP contribution is 2.22. The van der Waals surface area contributed by atoms with E-state index in [1.54, 1.807) is 24.3 Å². The molecule has 4 heteroatoms. The predicted molar refractivity (Wildman–Crippen MR) is 117 cm³/mol. The maximum atomic E-state index is 12.3. The van der Waals surface area contributed by atoms with E-state index in [1.165, 1.54) is 19.3 Å². The van der Waals surface area contributed by atoms with Gasteiger partial charge in [-0.05, 0) is 61.7 Å². The van der Waals surface area contributed by atoms with Crippen molar-refractivity contribution in [2.24, 2.45) is 0 Å². The van der Waals surface area contributed by atoms with Gasteiger partial charge in [-0.2, -0.15) is 0 Å². The van der Waals surface area contributed by atoms with Crippen LogP contribution in [0.5, 0.6) is 11.5 Å². The van der Waals surface area contributed by atoms with Gasteiger partial charge in [0, 0.05) is 6.61 Å². The minimum atomic E-state index is -0.377. The fourth-order valence-electron chi connectivity index (χ4n) is 2.88. The summed E-state index contributed by atoms with van der Waals surface area (Å²) in [7, 11) is 0. The van der Waals surface area contributed by atoms with Crippen LogP contribution in [0.15, 0.2) is 48.5 Å². The highest BCUT2D eigenvalue weighted by molar-refractivity contribution is 5.91. The second kappa shape index (κ2) is 13.0. The lowest BCUT2D eigenvalue weighted by Crippen LogP contribution is -2.08. The molecule has 0 aromatic heterocycles. The highest BCUT2D eigenvalue weighted by Gasteiger charge is 2.10. The average Bonchev–Trinajstić information content (AvgIpc) is 2.74. The third kappa shape index (κ3) is 8.28. The van der Waals surface area contributed by atoms with E-state index in [0.29, 0.717) is 17.9 Å². The number of unbranched alkanes of at least 4 members (excludes halogenated alkanes) is 4. The lowest BCUT2D eigenvalue weighted by molar-refractivity contribution is 0.0627. The zero-order valence-electron chi connectivity index (χ0n) is 18.0. The van der Waals surface area contributed by atoms with Gasteiger partial charge in [-0.25, -0.2) is 4.79 Å². The molecule has 0 saturated heterocycles. The molecule has 4 nitrogen and oxygen atoms in total. The lowest BCUT2D eigenvalue weighted by atomic mass is 10.1. The largest absolute Gasteiger partial charge is 0.494 e. The normalized spacial score (nSPS) is 11.8. The first-order chi connectivity index (χ1) is 14.1. The van der Waals surface area contributed by atoms with E-state index < -0.39 is 0 Å². The van der Waals surface area contributed by atoms with Gasteiger partial charge < -0.3 is 14.2 Å². The van der Waals surface area contributed by atoms with Crippen molar-refractivity contribution in [3.63, 3.8) is 0 Å². The smallest absolute Gasteiger partial charge is 0.343 e. The molecule has 0 spiro atoms. The molecular formula is C25H34O4. The molecule has 0 N–H and O–H groups in total. The van der Waals surface area contributed by atoms with Gasteiger partial charge in [-0.3, -0.25) is 0 Å². The first-order valence-corrected chi connectivity index (χ1v) is 10.8. The predicted octanol–water partition coefficient (Wildman–Crippen LogP) is 6.74. The molecule has 2 aromatic rings. The molecule has 1 unspecified atom stereocenters. The fourth-order valence-corrected chi connectivity index (χ4v) is 2.88. The molecule has 1 atom stereocenters. The number of benzene rings is 2. The number of carbonyl (C=O) groups excluding carboxylic acids is 1. The Hall–Kier alpha value is -2.33. The maximum Gasteiger partial charge on any atom is 0.343 e. The summed E-state index contributed by atoms with van der Waals surface area (Å²) in [6.07, 6.45) is 6.93. The molecule has 0 amide bonds. The highest BCUT2D eigenvalue weighted by atomic mass is 16.5. The van der Waals surface area contributed by atoms with E-state index in [2.05, 4.69) is 13.8 Å². The second-order valence-electron chi connectivity index (χ2n) is 7.26. The topological polar surface area (TPSA) is 44.8 Å². The van der Waals surface area contributed by atoms with Gasteiger partial charge in [-0.15, -0.1) is 0 Å². The summed E-state index contributed by atoms with van der Waals surface area (Å²) in [5.41, 5.74) is 1.58. The Morgan fingerprint density at radius 1 is 0.793 bits per heavy atom. The van der Waals surface area contributed by atoms with E-state index in [-0.39, 0.29) is 12.1 Å². The number of ether oxygens (including phenoxy) is 3. The van der Waals surface area contributed by atoms with Gasteiger partial charge in [0.2, 0.25) is 0 Å². The third-order valence-corrected chi connectivity index (χ3v) is 4.78. The van der Waals surface area contributed by atoms with Crippen molar-refractivity contribution in [3.8, 4) is 11.5 Å². The van der Waals surface area contributed by atoms with Crippen molar-refractivity contribution >= 4 is 5.97 Å². The summed E-state index contributed by atoms with van der Waals surface area (Å²) in [6.45, 7) is 7.84. The molecule has 0 aliphatic carbocycles. The quantitative estimate of drug-likeness (QED) is 0.213. The minimum absolute atomic E-state index is 0.0293. The summed E-state index contributed by atoms with van der Waals surface area (Å²) in [6, 6.07) is 14.6. The van der Waals surface area contributed by atoms with Crippen molar-refractivity contribution in [1.82, 2.24) is 0 Å². The van der Waals surface area contributed by atoms with Crippen LogP contribution >= 0.6 is 0 Å². The number of rotatable bonds is 13. The van der Waals surface area contributed by atoms with Crippen molar-refractivity contribution < 1.29 is 19.0 Å². The number of esters is 1. The molecule has 0 aliphatic rings. The van der Waals surface area contributed by atoms with E-state index in [0.717, 1.165) is 37.2 Å². The number of hydrogen-bond donors (Lipinski definition) is 0. The fraction of sp³-hybridized carbons (Fsp3) is 0.480. The summed E-state index contributed by atoms with van der Waals surface area (Å²) in [5.74, 6) is 0.915. The molecule has 0 heterocycles. The van der Waals surface area contributed by atoms with Crippen LogP contribution in [0.1, 0.15) is 81.3 Å². The Labute approximate surface area is 175 Å². The van der Waals surface area contributed by atoms with Crippen LogP contribution in [0.25, 0.3) is 0 Å². The molecule has 2 rings (SSSR count). The standard InChI is InChI=1S/C25H34O4/c1-4-6-8-9-19-27-20(3)21-10-16-24(17-11-21)29-25(26)22-12-14-23(15-13-22)28-18-7-5-2/h10-17,20H,4-9,18-19H2,1-3H3. The lowest BCUT2D eigenvalue weighted by Gasteiger charge is -2.14. The molecule has 0 fully saturated rings. The van der Waals surface area contributed by atoms with E-state index in [1.807, 2.05) is 31.2 Å².